The van der Waals surface area contributed by atoms with E-state index in [1.807, 2.05) is 0 Å². The Labute approximate surface area is 184 Å². The standard InChI is InChI=1S/C21H32BFN2O4/c1-19(2,3)27-18(26)25-12-10-24(11-13-25)17-9-8-15(14-16(17)23)22-28-20(4,5)21(6,7)29-22/h8-9,14H,10-13H2,1-7H3/i10D2,11D2,12D2,13D2. The van der Waals surface area contributed by atoms with Gasteiger partial charge in [-0.1, -0.05) is 6.07 Å². The zero-order chi connectivity index (χ0) is 28.8. The Hall–Kier alpha value is -1.80. The summed E-state index contributed by atoms with van der Waals surface area (Å²) in [6.45, 7) is -2.39. The van der Waals surface area contributed by atoms with E-state index in [0.717, 1.165) is 12.1 Å². The van der Waals surface area contributed by atoms with E-state index < -0.39 is 67.5 Å². The second-order valence-corrected chi connectivity index (χ2v) is 8.90. The van der Waals surface area contributed by atoms with Crippen molar-refractivity contribution in [1.29, 1.82) is 0 Å². The third kappa shape index (κ3) is 4.69. The monoisotopic (exact) mass is 414 g/mol. The van der Waals surface area contributed by atoms with Gasteiger partial charge in [0.2, 0.25) is 0 Å². The van der Waals surface area contributed by atoms with E-state index >= 15 is 4.39 Å². The van der Waals surface area contributed by atoms with Gasteiger partial charge in [-0.3, -0.25) is 0 Å². The molecule has 0 aromatic heterocycles. The zero-order valence-corrected chi connectivity index (χ0v) is 17.7. The Morgan fingerprint density at radius 3 is 2.17 bits per heavy atom. The van der Waals surface area contributed by atoms with E-state index in [-0.39, 0.29) is 15.3 Å². The van der Waals surface area contributed by atoms with E-state index in [1.54, 1.807) is 27.7 Å². The van der Waals surface area contributed by atoms with Crippen LogP contribution in [0.2, 0.25) is 0 Å². The first kappa shape index (κ1) is 13.5. The zero-order valence-electron chi connectivity index (χ0n) is 25.7. The van der Waals surface area contributed by atoms with Crippen LogP contribution < -0.4 is 10.4 Å². The molecule has 1 aromatic carbocycles. The fraction of sp³-hybridized carbons (Fsp3) is 0.667. The summed E-state index contributed by atoms with van der Waals surface area (Å²) in [4.78, 5) is 12.6. The minimum atomic E-state index is -3.50. The van der Waals surface area contributed by atoms with Gasteiger partial charge in [0.15, 0.2) is 0 Å². The Morgan fingerprint density at radius 1 is 1.14 bits per heavy atom. The fourth-order valence-electron chi connectivity index (χ4n) is 2.61. The number of anilines is 1. The highest BCUT2D eigenvalue weighted by atomic mass is 19.1. The van der Waals surface area contributed by atoms with Crippen molar-refractivity contribution in [2.24, 2.45) is 0 Å². The van der Waals surface area contributed by atoms with Crippen LogP contribution in [0.15, 0.2) is 18.2 Å². The molecule has 0 radical (unpaired) electrons. The molecule has 0 atom stereocenters. The summed E-state index contributed by atoms with van der Waals surface area (Å²) in [7, 11) is -0.982. The van der Waals surface area contributed by atoms with E-state index in [9.17, 15) is 4.79 Å². The van der Waals surface area contributed by atoms with Crippen LogP contribution in [0.1, 0.15) is 59.4 Å². The maximum atomic E-state index is 15.5. The third-order valence-electron chi connectivity index (χ3n) is 4.86. The lowest BCUT2D eigenvalue weighted by molar-refractivity contribution is 0.00578. The number of benzene rings is 1. The minimum Gasteiger partial charge on any atom is -0.444 e. The highest BCUT2D eigenvalue weighted by Crippen LogP contribution is 2.36. The number of piperazine rings is 1. The molecular formula is C21H32BFN2O4. The Morgan fingerprint density at radius 2 is 1.69 bits per heavy atom. The molecule has 160 valence electrons. The molecule has 1 aromatic rings. The molecular weight excluding hydrogens is 374 g/mol. The Balaban J connectivity index is 2.10. The molecule has 2 heterocycles. The van der Waals surface area contributed by atoms with Crippen molar-refractivity contribution in [3.05, 3.63) is 24.0 Å². The molecule has 0 N–H and O–H groups in total. The number of rotatable bonds is 2. The number of halogens is 1. The predicted octanol–water partition coefficient (Wildman–Crippen LogP) is 3.18. The molecule has 0 saturated carbocycles. The predicted molar refractivity (Wildman–Crippen MR) is 112 cm³/mol. The molecule has 29 heavy (non-hydrogen) atoms. The molecule has 1 amide bonds. The number of hydrogen-bond acceptors (Lipinski definition) is 5. The summed E-state index contributed by atoms with van der Waals surface area (Å²) >= 11 is 0. The molecule has 6 nitrogen and oxygen atoms in total. The quantitative estimate of drug-likeness (QED) is 0.696. The number of hydrogen-bond donors (Lipinski definition) is 0. The lowest BCUT2D eigenvalue weighted by Crippen LogP contribution is -2.50. The van der Waals surface area contributed by atoms with Gasteiger partial charge in [-0.25, -0.2) is 9.18 Å². The van der Waals surface area contributed by atoms with Crippen LogP contribution in [-0.2, 0) is 14.0 Å². The van der Waals surface area contributed by atoms with Crippen LogP contribution in [0.5, 0.6) is 0 Å². The van der Waals surface area contributed by atoms with Crippen molar-refractivity contribution >= 4 is 24.4 Å². The van der Waals surface area contributed by atoms with E-state index in [1.165, 1.54) is 26.8 Å². The first-order valence-corrected chi connectivity index (χ1v) is 9.30. The van der Waals surface area contributed by atoms with Gasteiger partial charge >= 0.3 is 13.2 Å². The van der Waals surface area contributed by atoms with Crippen LogP contribution in [0.3, 0.4) is 0 Å². The van der Waals surface area contributed by atoms with Gasteiger partial charge in [0.1, 0.15) is 11.4 Å². The van der Waals surface area contributed by atoms with Gasteiger partial charge in [0.25, 0.3) is 0 Å². The molecule has 2 aliphatic rings. The summed E-state index contributed by atoms with van der Waals surface area (Å²) in [5, 5.41) is 0. The molecule has 0 unspecified atom stereocenters. The third-order valence-corrected chi connectivity index (χ3v) is 4.86. The molecule has 0 bridgehead atoms. The van der Waals surface area contributed by atoms with Crippen molar-refractivity contribution in [1.82, 2.24) is 4.90 Å². The molecule has 8 heteroatoms. The summed E-state index contributed by atoms with van der Waals surface area (Å²) in [6.07, 6.45) is -1.61. The van der Waals surface area contributed by atoms with Gasteiger partial charge in [-0.2, -0.15) is 0 Å². The van der Waals surface area contributed by atoms with Crippen LogP contribution >= 0.6 is 0 Å². The summed E-state index contributed by atoms with van der Waals surface area (Å²) < 4.78 is 99.8. The second kappa shape index (κ2) is 7.47. The van der Waals surface area contributed by atoms with Crippen LogP contribution in [-0.4, -0.2) is 60.9 Å². The van der Waals surface area contributed by atoms with E-state index in [2.05, 4.69) is 0 Å². The fourth-order valence-corrected chi connectivity index (χ4v) is 2.61. The number of amides is 1. The van der Waals surface area contributed by atoms with Crippen LogP contribution in [0, 0.1) is 5.82 Å². The highest BCUT2D eigenvalue weighted by Gasteiger charge is 2.51. The molecule has 2 saturated heterocycles. The van der Waals surface area contributed by atoms with Crippen molar-refractivity contribution in [3.8, 4) is 0 Å². The first-order chi connectivity index (χ1) is 16.3. The first-order valence-electron chi connectivity index (χ1n) is 13.3. The highest BCUT2D eigenvalue weighted by molar-refractivity contribution is 6.62. The van der Waals surface area contributed by atoms with Gasteiger partial charge in [-0.05, 0) is 66.1 Å². The van der Waals surface area contributed by atoms with Crippen molar-refractivity contribution in [3.63, 3.8) is 0 Å². The van der Waals surface area contributed by atoms with Gasteiger partial charge in [-0.15, -0.1) is 0 Å². The van der Waals surface area contributed by atoms with Crippen molar-refractivity contribution < 1.29 is 34.2 Å². The lowest BCUT2D eigenvalue weighted by Gasteiger charge is -2.36. The summed E-state index contributed by atoms with van der Waals surface area (Å²) in [5.41, 5.74) is -3.22. The number of carbonyl (C=O) groups is 1. The number of ether oxygens (including phenoxy) is 1. The minimum absolute atomic E-state index is 0.0459. The lowest BCUT2D eigenvalue weighted by atomic mass is 9.79. The topological polar surface area (TPSA) is 51.2 Å². The molecule has 3 rings (SSSR count). The van der Waals surface area contributed by atoms with Crippen molar-refractivity contribution in [2.45, 2.75) is 65.3 Å². The number of nitrogens with zero attached hydrogens (tertiary/aromatic N) is 2. The maximum absolute atomic E-state index is 15.5. The van der Waals surface area contributed by atoms with Gasteiger partial charge < -0.3 is 23.8 Å². The average molecular weight is 414 g/mol. The van der Waals surface area contributed by atoms with E-state index in [4.69, 9.17) is 25.0 Å². The smallest absolute Gasteiger partial charge is 0.444 e. The van der Waals surface area contributed by atoms with Gasteiger partial charge in [0, 0.05) is 26.0 Å². The van der Waals surface area contributed by atoms with Crippen LogP contribution in [0.4, 0.5) is 14.9 Å². The Kier molecular flexibility index (Phi) is 3.48. The van der Waals surface area contributed by atoms with Crippen LogP contribution in [0.25, 0.3) is 0 Å². The van der Waals surface area contributed by atoms with Crippen molar-refractivity contribution in [2.75, 3.05) is 30.9 Å². The molecule has 0 aliphatic carbocycles. The second-order valence-electron chi connectivity index (χ2n) is 8.90. The Bertz CT molecular complexity index is 1050. The van der Waals surface area contributed by atoms with E-state index in [0.29, 0.717) is 0 Å². The number of carbonyl (C=O) groups excluding carboxylic acids is 1. The largest absolute Gasteiger partial charge is 0.494 e. The molecule has 0 spiro atoms. The van der Waals surface area contributed by atoms with Gasteiger partial charge in [0.05, 0.1) is 27.9 Å². The summed E-state index contributed by atoms with van der Waals surface area (Å²) in [5.74, 6) is -1.17. The summed E-state index contributed by atoms with van der Waals surface area (Å²) in [6, 6.07) is 3.24. The molecule has 2 fully saturated rings. The SMILES string of the molecule is [2H]C1([2H])N(C(=O)OC(C)(C)C)C([2H])([2H])C([2H])([2H])N(c2ccc(B3OC(C)(C)C(C)(C)O3)cc2F)C1([2H])[2H]. The molecule has 2 aliphatic heterocycles. The normalized spacial score (nSPS) is 32.5. The average Bonchev–Trinajstić information content (AvgIpc) is 2.87. The maximum Gasteiger partial charge on any atom is 0.494 e.